The largest absolute Gasteiger partial charge is 0.507 e. The Balaban J connectivity index is 2.10. The first-order valence-corrected chi connectivity index (χ1v) is 6.45. The maximum atomic E-state index is 13.3. The lowest BCUT2D eigenvalue weighted by atomic mass is 10.1. The van der Waals surface area contributed by atoms with Gasteiger partial charge in [0.1, 0.15) is 17.4 Å². The minimum atomic E-state index is -0.600. The smallest absolute Gasteiger partial charge is 0.176 e. The zero-order chi connectivity index (χ0) is 13.8. The minimum absolute atomic E-state index is 0.0715. The Kier molecular flexibility index (Phi) is 4.16. The normalized spacial score (nSPS) is 10.4. The topological polar surface area (TPSA) is 37.3 Å². The van der Waals surface area contributed by atoms with Crippen molar-refractivity contribution >= 4 is 17.5 Å². The van der Waals surface area contributed by atoms with E-state index >= 15 is 0 Å². The molecule has 0 saturated carbocycles. The van der Waals surface area contributed by atoms with Crippen molar-refractivity contribution in [2.45, 2.75) is 4.90 Å². The van der Waals surface area contributed by atoms with Gasteiger partial charge in [0, 0.05) is 4.90 Å². The minimum Gasteiger partial charge on any atom is -0.507 e. The number of thioether (sulfide) groups is 1. The summed E-state index contributed by atoms with van der Waals surface area (Å²) in [6, 6.07) is 9.23. The average Bonchev–Trinajstić information content (AvgIpc) is 2.40. The lowest BCUT2D eigenvalue weighted by Gasteiger charge is -2.05. The molecule has 0 atom stereocenters. The number of halogens is 2. The van der Waals surface area contributed by atoms with E-state index in [4.69, 9.17) is 0 Å². The van der Waals surface area contributed by atoms with Gasteiger partial charge >= 0.3 is 0 Å². The van der Waals surface area contributed by atoms with Crippen LogP contribution in [0.4, 0.5) is 8.78 Å². The molecule has 0 fully saturated rings. The van der Waals surface area contributed by atoms with Gasteiger partial charge in [0.25, 0.3) is 0 Å². The Hall–Kier alpha value is -1.88. The molecule has 5 heteroatoms. The molecule has 0 saturated heterocycles. The SMILES string of the molecule is O=C(CSc1ccccc1F)c1cc(F)ccc1O. The third-order valence-corrected chi connectivity index (χ3v) is 3.50. The summed E-state index contributed by atoms with van der Waals surface area (Å²) in [5.74, 6) is -1.82. The van der Waals surface area contributed by atoms with Gasteiger partial charge in [0.2, 0.25) is 0 Å². The van der Waals surface area contributed by atoms with Gasteiger partial charge in [-0.15, -0.1) is 11.8 Å². The van der Waals surface area contributed by atoms with E-state index in [-0.39, 0.29) is 17.1 Å². The van der Waals surface area contributed by atoms with Gasteiger partial charge < -0.3 is 5.11 Å². The number of hydrogen-bond acceptors (Lipinski definition) is 3. The molecule has 2 aromatic carbocycles. The van der Waals surface area contributed by atoms with Crippen LogP contribution in [0.15, 0.2) is 47.4 Å². The quantitative estimate of drug-likeness (QED) is 0.686. The molecule has 0 bridgehead atoms. The van der Waals surface area contributed by atoms with Gasteiger partial charge in [-0.05, 0) is 30.3 Å². The van der Waals surface area contributed by atoms with Gasteiger partial charge in [-0.1, -0.05) is 12.1 Å². The number of hydrogen-bond donors (Lipinski definition) is 1. The fourth-order valence-electron chi connectivity index (χ4n) is 1.51. The lowest BCUT2D eigenvalue weighted by molar-refractivity contribution is 0.101. The van der Waals surface area contributed by atoms with Crippen molar-refractivity contribution in [2.24, 2.45) is 0 Å². The molecule has 0 aromatic heterocycles. The van der Waals surface area contributed by atoms with E-state index < -0.39 is 17.4 Å². The second kappa shape index (κ2) is 5.84. The number of aromatic hydroxyl groups is 1. The van der Waals surface area contributed by atoms with Crippen molar-refractivity contribution in [2.75, 3.05) is 5.75 Å². The zero-order valence-corrected chi connectivity index (χ0v) is 10.6. The van der Waals surface area contributed by atoms with Crippen LogP contribution < -0.4 is 0 Å². The van der Waals surface area contributed by atoms with Crippen LogP contribution in [0, 0.1) is 11.6 Å². The monoisotopic (exact) mass is 280 g/mol. The van der Waals surface area contributed by atoms with E-state index in [9.17, 15) is 18.7 Å². The number of ketones is 1. The molecule has 2 rings (SSSR count). The Morgan fingerprint density at radius 3 is 2.63 bits per heavy atom. The highest BCUT2D eigenvalue weighted by atomic mass is 32.2. The molecule has 0 aliphatic heterocycles. The molecular weight excluding hydrogens is 270 g/mol. The van der Waals surface area contributed by atoms with Crippen LogP contribution in [0.2, 0.25) is 0 Å². The molecule has 1 N–H and O–H groups in total. The fraction of sp³-hybridized carbons (Fsp3) is 0.0714. The van der Waals surface area contributed by atoms with Crippen LogP contribution in [0.5, 0.6) is 5.75 Å². The van der Waals surface area contributed by atoms with Crippen molar-refractivity contribution in [3.8, 4) is 5.75 Å². The Morgan fingerprint density at radius 2 is 1.89 bits per heavy atom. The molecule has 0 heterocycles. The van der Waals surface area contributed by atoms with Crippen molar-refractivity contribution in [3.63, 3.8) is 0 Å². The molecule has 0 spiro atoms. The van der Waals surface area contributed by atoms with Crippen LogP contribution in [-0.2, 0) is 0 Å². The second-order valence-electron chi connectivity index (χ2n) is 3.80. The van der Waals surface area contributed by atoms with Gasteiger partial charge in [0.05, 0.1) is 11.3 Å². The van der Waals surface area contributed by atoms with Gasteiger partial charge in [-0.25, -0.2) is 8.78 Å². The van der Waals surface area contributed by atoms with Crippen molar-refractivity contribution < 1.29 is 18.7 Å². The molecule has 98 valence electrons. The van der Waals surface area contributed by atoms with Crippen LogP contribution in [0.3, 0.4) is 0 Å². The number of phenols is 1. The van der Waals surface area contributed by atoms with E-state index in [2.05, 4.69) is 0 Å². The summed E-state index contributed by atoms with van der Waals surface area (Å²) in [4.78, 5) is 12.2. The summed E-state index contributed by atoms with van der Waals surface area (Å²) in [7, 11) is 0. The summed E-state index contributed by atoms with van der Waals surface area (Å²) in [6.07, 6.45) is 0. The highest BCUT2D eigenvalue weighted by Gasteiger charge is 2.13. The summed E-state index contributed by atoms with van der Waals surface area (Å²) in [5.41, 5.74) is -0.0937. The standard InChI is InChI=1S/C14H10F2O2S/c15-9-5-6-12(17)10(7-9)13(18)8-19-14-4-2-1-3-11(14)16/h1-7,17H,8H2. The molecule has 0 radical (unpaired) electrons. The Morgan fingerprint density at radius 1 is 1.16 bits per heavy atom. The third-order valence-electron chi connectivity index (χ3n) is 2.45. The number of carbonyl (C=O) groups is 1. The highest BCUT2D eigenvalue weighted by molar-refractivity contribution is 8.00. The first-order chi connectivity index (χ1) is 9.08. The summed E-state index contributed by atoms with van der Waals surface area (Å²) in [6.45, 7) is 0. The van der Waals surface area contributed by atoms with Crippen LogP contribution in [0.1, 0.15) is 10.4 Å². The van der Waals surface area contributed by atoms with Gasteiger partial charge in [-0.2, -0.15) is 0 Å². The van der Waals surface area contributed by atoms with E-state index in [1.807, 2.05) is 0 Å². The second-order valence-corrected chi connectivity index (χ2v) is 4.82. The van der Waals surface area contributed by atoms with Crippen molar-refractivity contribution in [3.05, 3.63) is 59.7 Å². The van der Waals surface area contributed by atoms with Crippen molar-refractivity contribution in [1.29, 1.82) is 0 Å². The summed E-state index contributed by atoms with van der Waals surface area (Å²) < 4.78 is 26.3. The summed E-state index contributed by atoms with van der Waals surface area (Å²) >= 11 is 1.01. The first-order valence-electron chi connectivity index (χ1n) is 5.47. The lowest BCUT2D eigenvalue weighted by Crippen LogP contribution is -2.03. The molecule has 0 unspecified atom stereocenters. The molecule has 2 aromatic rings. The predicted octanol–water partition coefficient (Wildman–Crippen LogP) is 3.65. The highest BCUT2D eigenvalue weighted by Crippen LogP contribution is 2.25. The third kappa shape index (κ3) is 3.32. The van der Waals surface area contributed by atoms with E-state index in [1.54, 1.807) is 18.2 Å². The number of phenolic OH excluding ortho intramolecular Hbond substituents is 1. The zero-order valence-electron chi connectivity index (χ0n) is 9.77. The molecule has 0 aliphatic rings. The Labute approximate surface area is 113 Å². The van der Waals surface area contributed by atoms with Crippen molar-refractivity contribution in [1.82, 2.24) is 0 Å². The van der Waals surface area contributed by atoms with Crippen LogP contribution >= 0.6 is 11.8 Å². The number of benzene rings is 2. The number of Topliss-reactive ketones (excluding diaryl/α,β-unsaturated/α-hetero) is 1. The van der Waals surface area contributed by atoms with Crippen LogP contribution in [-0.4, -0.2) is 16.6 Å². The maximum Gasteiger partial charge on any atom is 0.176 e. The summed E-state index contributed by atoms with van der Waals surface area (Å²) in [5, 5.41) is 9.49. The first kappa shape index (κ1) is 13.5. The Bertz CT molecular complexity index is 614. The number of rotatable bonds is 4. The molecule has 0 aliphatic carbocycles. The average molecular weight is 280 g/mol. The fourth-order valence-corrected chi connectivity index (χ4v) is 2.34. The molecular formula is C14H10F2O2S. The van der Waals surface area contributed by atoms with Gasteiger partial charge in [0.15, 0.2) is 5.78 Å². The predicted molar refractivity (Wildman–Crippen MR) is 69.5 cm³/mol. The number of carbonyl (C=O) groups excluding carboxylic acids is 1. The van der Waals surface area contributed by atoms with E-state index in [0.29, 0.717) is 4.90 Å². The molecule has 2 nitrogen and oxygen atoms in total. The van der Waals surface area contributed by atoms with E-state index in [1.165, 1.54) is 6.07 Å². The van der Waals surface area contributed by atoms with Crippen LogP contribution in [0.25, 0.3) is 0 Å². The van der Waals surface area contributed by atoms with E-state index in [0.717, 1.165) is 30.0 Å². The molecule has 19 heavy (non-hydrogen) atoms. The maximum absolute atomic E-state index is 13.3. The van der Waals surface area contributed by atoms with Gasteiger partial charge in [-0.3, -0.25) is 4.79 Å². The molecule has 0 amide bonds.